The van der Waals surface area contributed by atoms with Crippen LogP contribution in [0, 0.1) is 0 Å². The largest absolute Gasteiger partial charge is 0.494 e. The van der Waals surface area contributed by atoms with Gasteiger partial charge in [0.2, 0.25) is 5.95 Å². The van der Waals surface area contributed by atoms with Crippen molar-refractivity contribution in [1.29, 1.82) is 0 Å². The van der Waals surface area contributed by atoms with Gasteiger partial charge in [0.05, 0.1) is 6.61 Å². The molecule has 2 aromatic carbocycles. The number of aromatic nitrogens is 2. The lowest BCUT2D eigenvalue weighted by Crippen LogP contribution is -2.12. The van der Waals surface area contributed by atoms with E-state index in [9.17, 15) is 13.2 Å². The van der Waals surface area contributed by atoms with Gasteiger partial charge in [-0.3, -0.25) is 0 Å². The molecule has 8 heteroatoms. The Bertz CT molecular complexity index is 1050. The van der Waals surface area contributed by atoms with Crippen LogP contribution in [0.3, 0.4) is 0 Å². The molecular weight excluding hydrogens is 441 g/mol. The van der Waals surface area contributed by atoms with Gasteiger partial charge < -0.3 is 15.4 Å². The Morgan fingerprint density at radius 3 is 2.38 bits per heavy atom. The van der Waals surface area contributed by atoms with Crippen molar-refractivity contribution in [2.45, 2.75) is 58.5 Å². The second kappa shape index (κ2) is 11.7. The Morgan fingerprint density at radius 2 is 1.71 bits per heavy atom. The Labute approximate surface area is 198 Å². The summed E-state index contributed by atoms with van der Waals surface area (Å²) >= 11 is 0. The molecule has 3 rings (SSSR count). The molecule has 0 radical (unpaired) electrons. The summed E-state index contributed by atoms with van der Waals surface area (Å²) in [7, 11) is 0. The van der Waals surface area contributed by atoms with Crippen LogP contribution in [-0.4, -0.2) is 16.6 Å². The van der Waals surface area contributed by atoms with Crippen LogP contribution in [0.5, 0.6) is 5.75 Å². The third-order valence-corrected chi connectivity index (χ3v) is 5.29. The number of unbranched alkanes of at least 4 members (excludes halogenated alkanes) is 3. The number of nitrogens with one attached hydrogen (secondary N) is 2. The molecule has 0 spiro atoms. The fraction of sp³-hybridized carbons (Fsp3) is 0.385. The van der Waals surface area contributed by atoms with Gasteiger partial charge in [-0.1, -0.05) is 58.2 Å². The predicted octanol–water partition coefficient (Wildman–Crippen LogP) is 8.07. The second-order valence-electron chi connectivity index (χ2n) is 8.42. The summed E-state index contributed by atoms with van der Waals surface area (Å²) in [6.07, 6.45) is 0.488. The van der Waals surface area contributed by atoms with Crippen LogP contribution in [0.15, 0.2) is 54.7 Å². The molecule has 0 aliphatic rings. The van der Waals surface area contributed by atoms with Crippen molar-refractivity contribution in [3.05, 3.63) is 65.9 Å². The van der Waals surface area contributed by atoms with E-state index in [0.717, 1.165) is 37.4 Å². The van der Waals surface area contributed by atoms with Crippen LogP contribution in [0.1, 0.15) is 63.5 Å². The molecule has 0 fully saturated rings. The monoisotopic (exact) mass is 472 g/mol. The average Bonchev–Trinajstić information content (AvgIpc) is 2.79. The van der Waals surface area contributed by atoms with Crippen LogP contribution in [0.4, 0.5) is 36.3 Å². The second-order valence-corrected chi connectivity index (χ2v) is 8.42. The number of hydrogen-bond donors (Lipinski definition) is 2. The minimum Gasteiger partial charge on any atom is -0.494 e. The maximum absolute atomic E-state index is 13.6. The standard InChI is InChI=1S/C26H31F3N4O/c1-4-5-6-7-15-34-22-10-8-9-21(16-22)31-24-23(26(27,28)29)17-30-25(33-24)32-20-13-11-19(12-14-20)18(2)3/h8-14,16-18H,4-7,15H2,1-3H3,(H2,30,31,32,33). The van der Waals surface area contributed by atoms with Gasteiger partial charge in [-0.2, -0.15) is 18.2 Å². The SMILES string of the molecule is CCCCCCOc1cccc(Nc2nc(Nc3ccc(C(C)C)cc3)ncc2C(F)(F)F)c1. The number of benzene rings is 2. The number of alkyl halides is 3. The van der Waals surface area contributed by atoms with E-state index in [1.807, 2.05) is 24.3 Å². The highest BCUT2D eigenvalue weighted by molar-refractivity contribution is 5.64. The summed E-state index contributed by atoms with van der Waals surface area (Å²) in [6, 6.07) is 14.5. The van der Waals surface area contributed by atoms with E-state index in [2.05, 4.69) is 41.4 Å². The molecule has 2 N–H and O–H groups in total. The van der Waals surface area contributed by atoms with Crippen molar-refractivity contribution < 1.29 is 17.9 Å². The number of ether oxygens (including phenoxy) is 1. The molecule has 0 saturated carbocycles. The fourth-order valence-electron chi connectivity index (χ4n) is 3.34. The van der Waals surface area contributed by atoms with Gasteiger partial charge >= 0.3 is 6.18 Å². The summed E-state index contributed by atoms with van der Waals surface area (Å²) in [4.78, 5) is 7.99. The van der Waals surface area contributed by atoms with Crippen molar-refractivity contribution in [1.82, 2.24) is 9.97 Å². The smallest absolute Gasteiger partial charge is 0.421 e. The van der Waals surface area contributed by atoms with Crippen LogP contribution in [0.25, 0.3) is 0 Å². The zero-order valence-corrected chi connectivity index (χ0v) is 19.7. The highest BCUT2D eigenvalue weighted by Gasteiger charge is 2.35. The molecule has 0 aliphatic heterocycles. The van der Waals surface area contributed by atoms with Crippen molar-refractivity contribution in [3.8, 4) is 5.75 Å². The Hall–Kier alpha value is -3.29. The first-order valence-electron chi connectivity index (χ1n) is 11.6. The van der Waals surface area contributed by atoms with Crippen molar-refractivity contribution in [2.24, 2.45) is 0 Å². The Morgan fingerprint density at radius 1 is 0.941 bits per heavy atom. The summed E-state index contributed by atoms with van der Waals surface area (Å²) in [5.41, 5.74) is 1.35. The van der Waals surface area contributed by atoms with E-state index in [-0.39, 0.29) is 11.8 Å². The third kappa shape index (κ3) is 7.37. The number of anilines is 4. The van der Waals surface area contributed by atoms with Crippen molar-refractivity contribution >= 4 is 23.1 Å². The topological polar surface area (TPSA) is 59.1 Å². The van der Waals surface area contributed by atoms with E-state index in [1.165, 1.54) is 0 Å². The average molecular weight is 473 g/mol. The molecule has 182 valence electrons. The predicted molar refractivity (Wildman–Crippen MR) is 130 cm³/mol. The molecule has 34 heavy (non-hydrogen) atoms. The Kier molecular flexibility index (Phi) is 8.73. The molecule has 1 aromatic heterocycles. The highest BCUT2D eigenvalue weighted by Crippen LogP contribution is 2.35. The quantitative estimate of drug-likeness (QED) is 0.276. The summed E-state index contributed by atoms with van der Waals surface area (Å²) in [6.45, 7) is 6.88. The van der Waals surface area contributed by atoms with Gasteiger partial charge in [0.25, 0.3) is 0 Å². The van der Waals surface area contributed by atoms with Crippen LogP contribution >= 0.6 is 0 Å². The van der Waals surface area contributed by atoms with Crippen molar-refractivity contribution in [3.63, 3.8) is 0 Å². The third-order valence-electron chi connectivity index (χ3n) is 5.29. The van der Waals surface area contributed by atoms with Gasteiger partial charge in [0.15, 0.2) is 0 Å². The molecule has 0 saturated heterocycles. The molecular formula is C26H31F3N4O. The molecule has 1 heterocycles. The van der Waals surface area contributed by atoms with E-state index in [4.69, 9.17) is 4.74 Å². The lowest BCUT2D eigenvalue weighted by molar-refractivity contribution is -0.137. The van der Waals surface area contributed by atoms with Gasteiger partial charge in [0, 0.05) is 23.6 Å². The molecule has 0 atom stereocenters. The number of hydrogen-bond acceptors (Lipinski definition) is 5. The molecule has 5 nitrogen and oxygen atoms in total. The van der Waals surface area contributed by atoms with Crippen LogP contribution in [-0.2, 0) is 6.18 Å². The molecule has 0 aliphatic carbocycles. The summed E-state index contributed by atoms with van der Waals surface area (Å²) < 4.78 is 46.6. The first kappa shape index (κ1) is 25.3. The fourth-order valence-corrected chi connectivity index (χ4v) is 3.34. The van der Waals surface area contributed by atoms with E-state index in [0.29, 0.717) is 29.6 Å². The highest BCUT2D eigenvalue weighted by atomic mass is 19.4. The Balaban J connectivity index is 1.77. The van der Waals surface area contributed by atoms with E-state index in [1.54, 1.807) is 24.3 Å². The summed E-state index contributed by atoms with van der Waals surface area (Å²) in [5, 5.41) is 5.77. The van der Waals surface area contributed by atoms with Gasteiger partial charge in [-0.15, -0.1) is 0 Å². The summed E-state index contributed by atoms with van der Waals surface area (Å²) in [5.74, 6) is 0.705. The van der Waals surface area contributed by atoms with Crippen LogP contribution in [0.2, 0.25) is 0 Å². The lowest BCUT2D eigenvalue weighted by Gasteiger charge is -2.16. The molecule has 0 unspecified atom stereocenters. The lowest BCUT2D eigenvalue weighted by atomic mass is 10.0. The van der Waals surface area contributed by atoms with E-state index >= 15 is 0 Å². The van der Waals surface area contributed by atoms with Gasteiger partial charge in [-0.25, -0.2) is 4.98 Å². The normalized spacial score (nSPS) is 11.5. The van der Waals surface area contributed by atoms with Gasteiger partial charge in [-0.05, 0) is 42.2 Å². The van der Waals surface area contributed by atoms with E-state index < -0.39 is 11.7 Å². The minimum atomic E-state index is -4.60. The molecule has 0 amide bonds. The molecule has 0 bridgehead atoms. The number of rotatable bonds is 11. The number of halogens is 3. The maximum atomic E-state index is 13.6. The van der Waals surface area contributed by atoms with Gasteiger partial charge in [0.1, 0.15) is 17.1 Å². The maximum Gasteiger partial charge on any atom is 0.421 e. The zero-order chi connectivity index (χ0) is 24.6. The van der Waals surface area contributed by atoms with Crippen LogP contribution < -0.4 is 15.4 Å². The zero-order valence-electron chi connectivity index (χ0n) is 19.7. The first-order chi connectivity index (χ1) is 16.3. The molecule has 3 aromatic rings. The number of nitrogens with zero attached hydrogens (tertiary/aromatic N) is 2. The first-order valence-corrected chi connectivity index (χ1v) is 11.6. The van der Waals surface area contributed by atoms with Crippen molar-refractivity contribution in [2.75, 3.05) is 17.2 Å². The minimum absolute atomic E-state index is 0.0659.